The number of nitrogens with one attached hydrogen (secondary N) is 1. The SMILES string of the molecule is CCN[C@H](C)CCC=C(C)C.[HH]. The van der Waals surface area contributed by atoms with E-state index < -0.39 is 0 Å². The van der Waals surface area contributed by atoms with Gasteiger partial charge in [0.05, 0.1) is 0 Å². The Labute approximate surface area is 72.4 Å². The molecule has 11 heavy (non-hydrogen) atoms. The van der Waals surface area contributed by atoms with E-state index in [1.807, 2.05) is 0 Å². The van der Waals surface area contributed by atoms with Crippen LogP contribution in [0.1, 0.15) is 42.0 Å². The summed E-state index contributed by atoms with van der Waals surface area (Å²) in [4.78, 5) is 0. The third-order valence-electron chi connectivity index (χ3n) is 1.70. The zero-order valence-corrected chi connectivity index (χ0v) is 8.28. The normalized spacial score (nSPS) is 12.7. The van der Waals surface area contributed by atoms with E-state index in [2.05, 4.69) is 39.1 Å². The van der Waals surface area contributed by atoms with Crippen molar-refractivity contribution < 1.29 is 1.43 Å². The lowest BCUT2D eigenvalue weighted by atomic mass is 10.1. The van der Waals surface area contributed by atoms with Crippen LogP contribution in [-0.2, 0) is 0 Å². The highest BCUT2D eigenvalue weighted by atomic mass is 14.9. The van der Waals surface area contributed by atoms with Gasteiger partial charge in [0, 0.05) is 7.47 Å². The fraction of sp³-hybridized carbons (Fsp3) is 0.800. The van der Waals surface area contributed by atoms with E-state index in [9.17, 15) is 0 Å². The zero-order chi connectivity index (χ0) is 8.69. The van der Waals surface area contributed by atoms with E-state index in [4.69, 9.17) is 0 Å². The van der Waals surface area contributed by atoms with Crippen molar-refractivity contribution >= 4 is 0 Å². The van der Waals surface area contributed by atoms with Gasteiger partial charge in [0.2, 0.25) is 0 Å². The molecule has 0 aromatic heterocycles. The standard InChI is InChI=1S/C10H21N.H2/c1-5-11-10(4)8-6-7-9(2)3;/h7,10-11H,5-6,8H2,1-4H3;1H/t10-;/m1./s1. The van der Waals surface area contributed by atoms with E-state index in [0.29, 0.717) is 6.04 Å². The molecule has 0 radical (unpaired) electrons. The van der Waals surface area contributed by atoms with E-state index in [0.717, 1.165) is 6.54 Å². The Bertz CT molecular complexity index is 117. The van der Waals surface area contributed by atoms with Crippen molar-refractivity contribution in [3.05, 3.63) is 11.6 Å². The molecule has 0 aromatic rings. The molecular formula is C10H23N. The van der Waals surface area contributed by atoms with Crippen LogP contribution in [0.4, 0.5) is 0 Å². The summed E-state index contributed by atoms with van der Waals surface area (Å²) in [6.45, 7) is 9.77. The molecule has 0 spiro atoms. The Hall–Kier alpha value is -0.300. The molecule has 0 aromatic carbocycles. The third kappa shape index (κ3) is 7.60. The number of rotatable bonds is 5. The maximum atomic E-state index is 3.39. The maximum absolute atomic E-state index is 3.39. The number of allylic oxidation sites excluding steroid dienone is 2. The lowest BCUT2D eigenvalue weighted by Crippen LogP contribution is -2.24. The molecule has 1 atom stereocenters. The molecule has 0 heterocycles. The molecule has 68 valence electrons. The van der Waals surface area contributed by atoms with Crippen LogP contribution in [0.3, 0.4) is 0 Å². The molecule has 0 rings (SSSR count). The predicted octanol–water partition coefficient (Wildman–Crippen LogP) is 2.98. The minimum absolute atomic E-state index is 0. The van der Waals surface area contributed by atoms with Crippen LogP contribution >= 0.6 is 0 Å². The molecule has 0 unspecified atom stereocenters. The van der Waals surface area contributed by atoms with Crippen LogP contribution in [0.2, 0.25) is 0 Å². The van der Waals surface area contributed by atoms with Crippen LogP contribution < -0.4 is 5.32 Å². The van der Waals surface area contributed by atoms with Gasteiger partial charge >= 0.3 is 0 Å². The molecule has 1 nitrogen and oxygen atoms in total. The van der Waals surface area contributed by atoms with Gasteiger partial charge in [0.1, 0.15) is 0 Å². The molecular weight excluding hydrogens is 134 g/mol. The fourth-order valence-electron chi connectivity index (χ4n) is 1.07. The summed E-state index contributed by atoms with van der Waals surface area (Å²) >= 11 is 0. The third-order valence-corrected chi connectivity index (χ3v) is 1.70. The fourth-order valence-corrected chi connectivity index (χ4v) is 1.07. The molecule has 0 bridgehead atoms. The lowest BCUT2D eigenvalue weighted by molar-refractivity contribution is 0.534. The van der Waals surface area contributed by atoms with Crippen LogP contribution in [0, 0.1) is 0 Å². The van der Waals surface area contributed by atoms with Gasteiger partial charge < -0.3 is 5.32 Å². The van der Waals surface area contributed by atoms with E-state index >= 15 is 0 Å². The first-order valence-electron chi connectivity index (χ1n) is 4.53. The minimum Gasteiger partial charge on any atom is -0.315 e. The summed E-state index contributed by atoms with van der Waals surface area (Å²) in [6.07, 6.45) is 4.75. The summed E-state index contributed by atoms with van der Waals surface area (Å²) in [5.74, 6) is 0. The van der Waals surface area contributed by atoms with Crippen molar-refractivity contribution in [3.8, 4) is 0 Å². The second-order valence-electron chi connectivity index (χ2n) is 3.32. The first-order valence-corrected chi connectivity index (χ1v) is 4.53. The Kier molecular flexibility index (Phi) is 6.24. The van der Waals surface area contributed by atoms with Crippen molar-refractivity contribution in [2.45, 2.75) is 46.6 Å². The van der Waals surface area contributed by atoms with Crippen LogP contribution in [-0.4, -0.2) is 12.6 Å². The molecule has 0 aliphatic heterocycles. The van der Waals surface area contributed by atoms with Gasteiger partial charge in [-0.25, -0.2) is 0 Å². The van der Waals surface area contributed by atoms with E-state index in [-0.39, 0.29) is 1.43 Å². The molecule has 0 amide bonds. The molecule has 1 heteroatoms. The van der Waals surface area contributed by atoms with Crippen molar-refractivity contribution in [2.24, 2.45) is 0 Å². The second kappa shape index (κ2) is 6.41. The summed E-state index contributed by atoms with van der Waals surface area (Å²) in [5, 5.41) is 3.39. The quantitative estimate of drug-likeness (QED) is 0.605. The average Bonchev–Trinajstić information content (AvgIpc) is 1.87. The first kappa shape index (κ1) is 10.7. The smallest absolute Gasteiger partial charge is 0.00415 e. The predicted molar refractivity (Wildman–Crippen MR) is 53.9 cm³/mol. The Morgan fingerprint density at radius 1 is 1.55 bits per heavy atom. The highest BCUT2D eigenvalue weighted by Crippen LogP contribution is 2.00. The topological polar surface area (TPSA) is 12.0 Å². The van der Waals surface area contributed by atoms with Crippen molar-refractivity contribution in [1.82, 2.24) is 5.32 Å². The van der Waals surface area contributed by atoms with E-state index in [1.165, 1.54) is 18.4 Å². The Balaban J connectivity index is 0. The van der Waals surface area contributed by atoms with E-state index in [1.54, 1.807) is 0 Å². The second-order valence-corrected chi connectivity index (χ2v) is 3.32. The van der Waals surface area contributed by atoms with Gasteiger partial charge in [-0.1, -0.05) is 18.6 Å². The van der Waals surface area contributed by atoms with Crippen molar-refractivity contribution in [2.75, 3.05) is 6.54 Å². The maximum Gasteiger partial charge on any atom is 0.00415 e. The van der Waals surface area contributed by atoms with Crippen LogP contribution in [0.25, 0.3) is 0 Å². The minimum atomic E-state index is 0. The average molecular weight is 157 g/mol. The summed E-state index contributed by atoms with van der Waals surface area (Å²) < 4.78 is 0. The molecule has 1 N–H and O–H groups in total. The van der Waals surface area contributed by atoms with Gasteiger partial charge in [-0.05, 0) is 40.2 Å². The molecule has 0 saturated heterocycles. The Morgan fingerprint density at radius 3 is 2.64 bits per heavy atom. The van der Waals surface area contributed by atoms with Gasteiger partial charge in [-0.3, -0.25) is 0 Å². The van der Waals surface area contributed by atoms with Crippen molar-refractivity contribution in [3.63, 3.8) is 0 Å². The molecule has 0 fully saturated rings. The van der Waals surface area contributed by atoms with Gasteiger partial charge in [0.15, 0.2) is 0 Å². The van der Waals surface area contributed by atoms with Gasteiger partial charge in [0.25, 0.3) is 0 Å². The number of hydrogen-bond acceptors (Lipinski definition) is 1. The highest BCUT2D eigenvalue weighted by molar-refractivity contribution is 4.93. The van der Waals surface area contributed by atoms with Gasteiger partial charge in [-0.15, -0.1) is 0 Å². The van der Waals surface area contributed by atoms with Crippen LogP contribution in [0.15, 0.2) is 11.6 Å². The molecule has 0 saturated carbocycles. The summed E-state index contributed by atoms with van der Waals surface area (Å²) in [6, 6.07) is 0.663. The lowest BCUT2D eigenvalue weighted by Gasteiger charge is -2.09. The first-order chi connectivity index (χ1) is 5.16. The monoisotopic (exact) mass is 157 g/mol. The Morgan fingerprint density at radius 2 is 2.18 bits per heavy atom. The largest absolute Gasteiger partial charge is 0.315 e. The summed E-state index contributed by atoms with van der Waals surface area (Å²) in [7, 11) is 0. The highest BCUT2D eigenvalue weighted by Gasteiger charge is 1.95. The van der Waals surface area contributed by atoms with Crippen LogP contribution in [0.5, 0.6) is 0 Å². The van der Waals surface area contributed by atoms with Crippen molar-refractivity contribution in [1.29, 1.82) is 0 Å². The summed E-state index contributed by atoms with van der Waals surface area (Å²) in [5.41, 5.74) is 1.42. The number of hydrogen-bond donors (Lipinski definition) is 1. The molecule has 0 aliphatic rings. The van der Waals surface area contributed by atoms with Gasteiger partial charge in [-0.2, -0.15) is 0 Å². The molecule has 0 aliphatic carbocycles. The zero-order valence-electron chi connectivity index (χ0n) is 8.28.